The summed E-state index contributed by atoms with van der Waals surface area (Å²) in [5, 5.41) is 12.4. The Morgan fingerprint density at radius 3 is 2.47 bits per heavy atom. The van der Waals surface area contributed by atoms with E-state index in [1.165, 1.54) is 0 Å². The van der Waals surface area contributed by atoms with Crippen LogP contribution in [0.15, 0.2) is 0 Å². The molecule has 0 spiro atoms. The zero-order chi connectivity index (χ0) is 14.1. The van der Waals surface area contributed by atoms with Gasteiger partial charge in [-0.2, -0.15) is 18.4 Å². The van der Waals surface area contributed by atoms with E-state index in [0.717, 1.165) is 12.8 Å². The van der Waals surface area contributed by atoms with E-state index in [1.54, 1.807) is 4.90 Å². The lowest BCUT2D eigenvalue weighted by atomic mass is 9.99. The van der Waals surface area contributed by atoms with Crippen LogP contribution in [0.25, 0.3) is 0 Å². The van der Waals surface area contributed by atoms with Gasteiger partial charge < -0.3 is 0 Å². The Labute approximate surface area is 111 Å². The number of halogens is 3. The van der Waals surface area contributed by atoms with E-state index in [4.69, 9.17) is 0 Å². The van der Waals surface area contributed by atoms with Gasteiger partial charge in [-0.15, -0.1) is 0 Å². The molecule has 2 aliphatic carbocycles. The van der Waals surface area contributed by atoms with Gasteiger partial charge >= 0.3 is 6.18 Å². The lowest BCUT2D eigenvalue weighted by Gasteiger charge is -2.31. The molecule has 3 nitrogen and oxygen atoms in total. The smallest absolute Gasteiger partial charge is 0.300 e. The average Bonchev–Trinajstić information content (AvgIpc) is 3.08. The summed E-state index contributed by atoms with van der Waals surface area (Å²) in [5.41, 5.74) is -0.627. The van der Waals surface area contributed by atoms with Crippen molar-refractivity contribution < 1.29 is 13.2 Å². The molecule has 2 fully saturated rings. The first-order valence-corrected chi connectivity index (χ1v) is 6.88. The summed E-state index contributed by atoms with van der Waals surface area (Å²) in [4.78, 5) is 1.58. The maximum absolute atomic E-state index is 12.6. The summed E-state index contributed by atoms with van der Waals surface area (Å²) >= 11 is 0. The Kier molecular flexibility index (Phi) is 4.07. The van der Waals surface area contributed by atoms with Crippen molar-refractivity contribution in [2.24, 2.45) is 0 Å². The molecular weight excluding hydrogens is 255 g/mol. The minimum absolute atomic E-state index is 0.0720. The largest absolute Gasteiger partial charge is 0.401 e. The molecule has 19 heavy (non-hydrogen) atoms. The van der Waals surface area contributed by atoms with E-state index < -0.39 is 18.3 Å². The van der Waals surface area contributed by atoms with Crippen LogP contribution >= 0.6 is 0 Å². The summed E-state index contributed by atoms with van der Waals surface area (Å²) in [6, 6.07) is 2.22. The van der Waals surface area contributed by atoms with Crippen molar-refractivity contribution in [3.8, 4) is 6.07 Å². The van der Waals surface area contributed by atoms with Crippen LogP contribution in [0.5, 0.6) is 0 Å². The molecule has 2 atom stereocenters. The van der Waals surface area contributed by atoms with Gasteiger partial charge in [0.2, 0.25) is 0 Å². The second kappa shape index (κ2) is 5.29. The Morgan fingerprint density at radius 1 is 1.32 bits per heavy atom. The molecule has 0 aliphatic heterocycles. The molecule has 0 aromatic rings. The molecule has 0 saturated heterocycles. The predicted molar refractivity (Wildman–Crippen MR) is 65.4 cm³/mol. The Bertz CT molecular complexity index is 359. The molecule has 2 saturated carbocycles. The van der Waals surface area contributed by atoms with E-state index in [-0.39, 0.29) is 12.1 Å². The number of hydrogen-bond acceptors (Lipinski definition) is 3. The van der Waals surface area contributed by atoms with Gasteiger partial charge in [0.05, 0.1) is 12.6 Å². The summed E-state index contributed by atoms with van der Waals surface area (Å²) in [6.45, 7) is 1.75. The Hall–Kier alpha value is -0.800. The molecule has 0 radical (unpaired) electrons. The van der Waals surface area contributed by atoms with E-state index in [0.29, 0.717) is 25.8 Å². The third kappa shape index (κ3) is 3.61. The summed E-state index contributed by atoms with van der Waals surface area (Å²) < 4.78 is 37.9. The van der Waals surface area contributed by atoms with Gasteiger partial charge in [0.15, 0.2) is 0 Å². The number of alkyl halides is 3. The molecular formula is C13H20F3N3. The fourth-order valence-corrected chi connectivity index (χ4v) is 3.11. The fourth-order valence-electron chi connectivity index (χ4n) is 3.11. The topological polar surface area (TPSA) is 39.1 Å². The van der Waals surface area contributed by atoms with Crippen LogP contribution in [0.4, 0.5) is 13.2 Å². The summed E-state index contributed by atoms with van der Waals surface area (Å²) in [5.74, 6) is 0. The third-order valence-electron chi connectivity index (χ3n) is 4.06. The van der Waals surface area contributed by atoms with Crippen LogP contribution in [0.3, 0.4) is 0 Å². The van der Waals surface area contributed by atoms with Crippen LogP contribution in [0.2, 0.25) is 0 Å². The maximum Gasteiger partial charge on any atom is 0.401 e. The van der Waals surface area contributed by atoms with Gasteiger partial charge in [-0.3, -0.25) is 10.2 Å². The first-order chi connectivity index (χ1) is 8.89. The van der Waals surface area contributed by atoms with Crippen LogP contribution in [-0.4, -0.2) is 41.8 Å². The van der Waals surface area contributed by atoms with Crippen molar-refractivity contribution in [3.05, 3.63) is 0 Å². The molecule has 6 heteroatoms. The van der Waals surface area contributed by atoms with Gasteiger partial charge in [-0.05, 0) is 38.6 Å². The second-order valence-electron chi connectivity index (χ2n) is 5.64. The number of nitrogens with zero attached hydrogens (tertiary/aromatic N) is 2. The minimum atomic E-state index is -4.15. The Balaban J connectivity index is 2.02. The third-order valence-corrected chi connectivity index (χ3v) is 4.06. The van der Waals surface area contributed by atoms with Crippen molar-refractivity contribution in [2.75, 3.05) is 13.1 Å². The molecule has 0 aromatic carbocycles. The highest BCUT2D eigenvalue weighted by Gasteiger charge is 2.47. The van der Waals surface area contributed by atoms with E-state index in [2.05, 4.69) is 11.4 Å². The van der Waals surface area contributed by atoms with E-state index >= 15 is 0 Å². The van der Waals surface area contributed by atoms with Crippen LogP contribution in [-0.2, 0) is 0 Å². The van der Waals surface area contributed by atoms with E-state index in [9.17, 15) is 18.4 Å². The highest BCUT2D eigenvalue weighted by atomic mass is 19.4. The monoisotopic (exact) mass is 275 g/mol. The molecule has 2 rings (SSSR count). The van der Waals surface area contributed by atoms with Gasteiger partial charge in [-0.1, -0.05) is 6.92 Å². The van der Waals surface area contributed by atoms with Crippen LogP contribution < -0.4 is 5.32 Å². The SMILES string of the molecule is CCNC1(C#N)CCC(N(CC(F)(F)F)C2CC2)C1. The number of nitriles is 1. The number of nitrogens with one attached hydrogen (secondary N) is 1. The highest BCUT2D eigenvalue weighted by Crippen LogP contribution is 2.39. The number of rotatable bonds is 5. The van der Waals surface area contributed by atoms with Crippen LogP contribution in [0.1, 0.15) is 39.0 Å². The maximum atomic E-state index is 12.6. The van der Waals surface area contributed by atoms with Gasteiger partial charge in [0.1, 0.15) is 5.54 Å². The normalized spacial score (nSPS) is 31.7. The molecule has 0 heterocycles. The van der Waals surface area contributed by atoms with Gasteiger partial charge in [0, 0.05) is 12.1 Å². The molecule has 1 N–H and O–H groups in total. The lowest BCUT2D eigenvalue weighted by Crippen LogP contribution is -2.46. The molecule has 0 aromatic heterocycles. The lowest BCUT2D eigenvalue weighted by molar-refractivity contribution is -0.152. The van der Waals surface area contributed by atoms with Crippen molar-refractivity contribution in [1.29, 1.82) is 5.26 Å². The molecule has 0 bridgehead atoms. The summed E-state index contributed by atoms with van der Waals surface area (Å²) in [6.07, 6.45) is -0.626. The van der Waals surface area contributed by atoms with Crippen molar-refractivity contribution >= 4 is 0 Å². The van der Waals surface area contributed by atoms with Gasteiger partial charge in [-0.25, -0.2) is 0 Å². The van der Waals surface area contributed by atoms with Crippen LogP contribution in [0, 0.1) is 11.3 Å². The van der Waals surface area contributed by atoms with Crippen molar-refractivity contribution in [3.63, 3.8) is 0 Å². The first kappa shape index (κ1) is 14.6. The quantitative estimate of drug-likeness (QED) is 0.837. The standard InChI is InChI=1S/C13H20F3N3/c1-2-18-12(8-17)6-5-11(7-12)19(10-3-4-10)9-13(14,15)16/h10-11,18H,2-7,9H2,1H3. The molecule has 0 amide bonds. The first-order valence-electron chi connectivity index (χ1n) is 6.88. The van der Waals surface area contributed by atoms with E-state index in [1.807, 2.05) is 6.92 Å². The van der Waals surface area contributed by atoms with Crippen molar-refractivity contribution in [2.45, 2.75) is 62.8 Å². The average molecular weight is 275 g/mol. The highest BCUT2D eigenvalue weighted by molar-refractivity contribution is 5.14. The molecule has 108 valence electrons. The van der Waals surface area contributed by atoms with Gasteiger partial charge in [0.25, 0.3) is 0 Å². The fraction of sp³-hybridized carbons (Fsp3) is 0.923. The second-order valence-corrected chi connectivity index (χ2v) is 5.64. The van der Waals surface area contributed by atoms with Crippen molar-refractivity contribution in [1.82, 2.24) is 10.2 Å². The molecule has 2 unspecified atom stereocenters. The Morgan fingerprint density at radius 2 is 2.00 bits per heavy atom. The zero-order valence-corrected chi connectivity index (χ0v) is 11.1. The number of hydrogen-bond donors (Lipinski definition) is 1. The summed E-state index contributed by atoms with van der Waals surface area (Å²) in [7, 11) is 0. The predicted octanol–water partition coefficient (Wildman–Crippen LogP) is 2.44. The zero-order valence-electron chi connectivity index (χ0n) is 11.1. The minimum Gasteiger partial charge on any atom is -0.300 e. The molecule has 2 aliphatic rings.